The summed E-state index contributed by atoms with van der Waals surface area (Å²) in [6.45, 7) is 13.6. The van der Waals surface area contributed by atoms with Crippen molar-refractivity contribution in [2.75, 3.05) is 19.6 Å². The zero-order valence-corrected chi connectivity index (χ0v) is 11.8. The molecule has 0 N–H and O–H groups in total. The summed E-state index contributed by atoms with van der Waals surface area (Å²) in [6, 6.07) is 0. The van der Waals surface area contributed by atoms with E-state index in [0.717, 1.165) is 17.8 Å². The highest BCUT2D eigenvalue weighted by atomic mass is 15.1. The molecule has 0 saturated carbocycles. The van der Waals surface area contributed by atoms with Gasteiger partial charge in [-0.3, -0.25) is 0 Å². The molecule has 0 spiro atoms. The van der Waals surface area contributed by atoms with Crippen molar-refractivity contribution in [3.63, 3.8) is 0 Å². The van der Waals surface area contributed by atoms with Crippen LogP contribution in [0, 0.1) is 17.8 Å². The van der Waals surface area contributed by atoms with Gasteiger partial charge >= 0.3 is 0 Å². The van der Waals surface area contributed by atoms with E-state index in [1.54, 1.807) is 0 Å². The first-order valence-electron chi connectivity index (χ1n) is 7.35. The van der Waals surface area contributed by atoms with Crippen LogP contribution in [0.1, 0.15) is 59.8 Å². The quantitative estimate of drug-likeness (QED) is 0.655. The molecule has 1 fully saturated rings. The third-order valence-corrected chi connectivity index (χ3v) is 4.44. The zero-order chi connectivity index (χ0) is 12.0. The van der Waals surface area contributed by atoms with Crippen molar-refractivity contribution in [1.82, 2.24) is 4.90 Å². The topological polar surface area (TPSA) is 3.24 Å². The monoisotopic (exact) mass is 225 g/mol. The van der Waals surface area contributed by atoms with Crippen molar-refractivity contribution in [1.29, 1.82) is 0 Å². The van der Waals surface area contributed by atoms with E-state index in [0.29, 0.717) is 0 Å². The molecule has 0 radical (unpaired) electrons. The third-order valence-electron chi connectivity index (χ3n) is 4.44. The number of rotatable bonds is 6. The van der Waals surface area contributed by atoms with Crippen LogP contribution < -0.4 is 0 Å². The predicted molar refractivity (Wildman–Crippen MR) is 72.7 cm³/mol. The molecule has 1 aliphatic heterocycles. The van der Waals surface area contributed by atoms with Gasteiger partial charge in [-0.15, -0.1) is 0 Å². The number of nitrogens with zero attached hydrogens (tertiary/aromatic N) is 1. The van der Waals surface area contributed by atoms with Gasteiger partial charge in [0.15, 0.2) is 0 Å². The number of piperidine rings is 1. The normalized spacial score (nSPS) is 24.0. The van der Waals surface area contributed by atoms with Crippen LogP contribution in [-0.2, 0) is 0 Å². The molecule has 0 bridgehead atoms. The highest BCUT2D eigenvalue weighted by Crippen LogP contribution is 2.23. The molecule has 96 valence electrons. The third kappa shape index (κ3) is 4.86. The molecule has 3 atom stereocenters. The molecule has 16 heavy (non-hydrogen) atoms. The molecule has 1 rings (SSSR count). The van der Waals surface area contributed by atoms with Crippen molar-refractivity contribution in [3.8, 4) is 0 Å². The molecule has 1 nitrogen and oxygen atoms in total. The molecule has 0 aromatic rings. The number of hydrogen-bond acceptors (Lipinski definition) is 1. The smallest absolute Gasteiger partial charge is 0.000956 e. The van der Waals surface area contributed by atoms with Crippen LogP contribution in [0.3, 0.4) is 0 Å². The lowest BCUT2D eigenvalue weighted by atomic mass is 9.86. The molecule has 1 saturated heterocycles. The van der Waals surface area contributed by atoms with Gasteiger partial charge in [0.1, 0.15) is 0 Å². The van der Waals surface area contributed by atoms with Crippen LogP contribution in [0.5, 0.6) is 0 Å². The molecule has 0 amide bonds. The van der Waals surface area contributed by atoms with Crippen LogP contribution in [0.25, 0.3) is 0 Å². The SMILES string of the molecule is CCC(C)CC(C)C(C)CN1CCCCC1. The van der Waals surface area contributed by atoms with Crippen molar-refractivity contribution >= 4 is 0 Å². The molecule has 1 heterocycles. The van der Waals surface area contributed by atoms with Gasteiger partial charge in [0.25, 0.3) is 0 Å². The van der Waals surface area contributed by atoms with Crippen LogP contribution in [0.15, 0.2) is 0 Å². The molecule has 0 aromatic carbocycles. The minimum Gasteiger partial charge on any atom is -0.303 e. The van der Waals surface area contributed by atoms with Gasteiger partial charge in [-0.05, 0) is 50.1 Å². The summed E-state index contributed by atoms with van der Waals surface area (Å²) >= 11 is 0. The summed E-state index contributed by atoms with van der Waals surface area (Å²) in [7, 11) is 0. The van der Waals surface area contributed by atoms with Crippen LogP contribution in [0.2, 0.25) is 0 Å². The number of likely N-dealkylation sites (tertiary alicyclic amines) is 1. The van der Waals surface area contributed by atoms with E-state index in [4.69, 9.17) is 0 Å². The van der Waals surface area contributed by atoms with Gasteiger partial charge in [0.2, 0.25) is 0 Å². The molecular weight excluding hydrogens is 194 g/mol. The van der Waals surface area contributed by atoms with E-state index >= 15 is 0 Å². The second-order valence-corrected chi connectivity index (χ2v) is 6.06. The van der Waals surface area contributed by atoms with Gasteiger partial charge in [-0.2, -0.15) is 0 Å². The molecule has 1 aliphatic rings. The second kappa shape index (κ2) is 7.32. The Morgan fingerprint density at radius 2 is 1.56 bits per heavy atom. The summed E-state index contributed by atoms with van der Waals surface area (Å²) in [5, 5.41) is 0. The average Bonchev–Trinajstić information content (AvgIpc) is 2.30. The van der Waals surface area contributed by atoms with Crippen LogP contribution in [0.4, 0.5) is 0 Å². The summed E-state index contributed by atoms with van der Waals surface area (Å²) < 4.78 is 0. The first-order chi connectivity index (χ1) is 7.63. The Morgan fingerprint density at radius 3 is 2.12 bits per heavy atom. The molecular formula is C15H31N. The summed E-state index contributed by atoms with van der Waals surface area (Å²) in [5.41, 5.74) is 0. The van der Waals surface area contributed by atoms with E-state index in [1.807, 2.05) is 0 Å². The Hall–Kier alpha value is -0.0400. The number of hydrogen-bond donors (Lipinski definition) is 0. The summed E-state index contributed by atoms with van der Waals surface area (Å²) in [6.07, 6.45) is 7.04. The molecule has 1 heteroatoms. The Kier molecular flexibility index (Phi) is 6.41. The lowest BCUT2D eigenvalue weighted by Crippen LogP contribution is -2.35. The largest absolute Gasteiger partial charge is 0.303 e. The van der Waals surface area contributed by atoms with Gasteiger partial charge in [0.05, 0.1) is 0 Å². The van der Waals surface area contributed by atoms with Crippen molar-refractivity contribution in [2.24, 2.45) is 17.8 Å². The Bertz CT molecular complexity index is 172. The van der Waals surface area contributed by atoms with Gasteiger partial charge in [0, 0.05) is 6.54 Å². The predicted octanol–water partition coefficient (Wildman–Crippen LogP) is 4.18. The zero-order valence-electron chi connectivity index (χ0n) is 11.8. The highest BCUT2D eigenvalue weighted by Gasteiger charge is 2.19. The van der Waals surface area contributed by atoms with Crippen molar-refractivity contribution in [3.05, 3.63) is 0 Å². The molecule has 3 unspecified atom stereocenters. The fourth-order valence-electron chi connectivity index (χ4n) is 2.76. The van der Waals surface area contributed by atoms with Crippen molar-refractivity contribution < 1.29 is 0 Å². The van der Waals surface area contributed by atoms with E-state index < -0.39 is 0 Å². The highest BCUT2D eigenvalue weighted by molar-refractivity contribution is 4.72. The van der Waals surface area contributed by atoms with E-state index in [2.05, 4.69) is 32.6 Å². The first-order valence-corrected chi connectivity index (χ1v) is 7.35. The minimum absolute atomic E-state index is 0.868. The summed E-state index contributed by atoms with van der Waals surface area (Å²) in [5.74, 6) is 2.66. The maximum atomic E-state index is 2.68. The lowest BCUT2D eigenvalue weighted by Gasteiger charge is -2.32. The Morgan fingerprint density at radius 1 is 0.938 bits per heavy atom. The Balaban J connectivity index is 2.24. The van der Waals surface area contributed by atoms with E-state index in [9.17, 15) is 0 Å². The standard InChI is InChI=1S/C15H31N/c1-5-13(2)11-14(3)15(4)12-16-9-7-6-8-10-16/h13-15H,5-12H2,1-4H3. The van der Waals surface area contributed by atoms with Gasteiger partial charge < -0.3 is 4.90 Å². The van der Waals surface area contributed by atoms with Crippen LogP contribution in [-0.4, -0.2) is 24.5 Å². The molecule has 0 aliphatic carbocycles. The van der Waals surface area contributed by atoms with Gasteiger partial charge in [-0.25, -0.2) is 0 Å². The van der Waals surface area contributed by atoms with Crippen molar-refractivity contribution in [2.45, 2.75) is 59.8 Å². The minimum atomic E-state index is 0.868. The summed E-state index contributed by atoms with van der Waals surface area (Å²) in [4.78, 5) is 2.68. The van der Waals surface area contributed by atoms with E-state index in [1.165, 1.54) is 51.7 Å². The van der Waals surface area contributed by atoms with Crippen LogP contribution >= 0.6 is 0 Å². The maximum absolute atomic E-state index is 2.68. The maximum Gasteiger partial charge on any atom is 0.000956 e. The fourth-order valence-corrected chi connectivity index (χ4v) is 2.76. The molecule has 0 aromatic heterocycles. The Labute approximate surface area is 103 Å². The fraction of sp³-hybridized carbons (Fsp3) is 1.00. The second-order valence-electron chi connectivity index (χ2n) is 6.06. The van der Waals surface area contributed by atoms with Gasteiger partial charge in [-0.1, -0.05) is 40.5 Å². The average molecular weight is 225 g/mol. The first kappa shape index (κ1) is 14.0. The van der Waals surface area contributed by atoms with E-state index in [-0.39, 0.29) is 0 Å². The lowest BCUT2D eigenvalue weighted by molar-refractivity contribution is 0.167.